The summed E-state index contributed by atoms with van der Waals surface area (Å²) in [4.78, 5) is 11.1. The van der Waals surface area contributed by atoms with E-state index in [0.717, 1.165) is 11.1 Å². The largest absolute Gasteiger partial charge is 0.488 e. The molecule has 1 aliphatic heterocycles. The summed E-state index contributed by atoms with van der Waals surface area (Å²) in [5, 5.41) is 11.8. The summed E-state index contributed by atoms with van der Waals surface area (Å²) >= 11 is 7.47. The average molecular weight is 360 g/mol. The van der Waals surface area contributed by atoms with E-state index in [1.165, 1.54) is 11.8 Å². The van der Waals surface area contributed by atoms with Crippen LogP contribution in [0.4, 0.5) is 0 Å². The van der Waals surface area contributed by atoms with E-state index in [9.17, 15) is 4.79 Å². The maximum Gasteiger partial charge on any atom is 0.236 e. The van der Waals surface area contributed by atoms with Crippen molar-refractivity contribution in [2.45, 2.75) is 6.61 Å². The monoisotopic (exact) mass is 359 g/mol. The van der Waals surface area contributed by atoms with Crippen LogP contribution in [-0.2, 0) is 11.4 Å². The van der Waals surface area contributed by atoms with E-state index in [1.54, 1.807) is 6.21 Å². The van der Waals surface area contributed by atoms with Gasteiger partial charge in [0.2, 0.25) is 5.91 Å². The molecule has 0 radical (unpaired) electrons. The third-order valence-electron chi connectivity index (χ3n) is 3.19. The Morgan fingerprint density at radius 1 is 1.21 bits per heavy atom. The number of benzene rings is 2. The Hall–Kier alpha value is -2.31. The van der Waals surface area contributed by atoms with Crippen LogP contribution in [0.25, 0.3) is 0 Å². The number of hydrogen-bond donors (Lipinski definition) is 1. The van der Waals surface area contributed by atoms with Crippen LogP contribution < -0.4 is 10.1 Å². The minimum absolute atomic E-state index is 0.0579. The number of halogens is 1. The summed E-state index contributed by atoms with van der Waals surface area (Å²) in [5.74, 6) is 1.01. The molecule has 7 heteroatoms. The second-order valence-corrected chi connectivity index (χ2v) is 6.28. The van der Waals surface area contributed by atoms with E-state index in [2.05, 4.69) is 15.5 Å². The highest BCUT2D eigenvalue weighted by atomic mass is 35.5. The lowest BCUT2D eigenvalue weighted by Crippen LogP contribution is -2.19. The standard InChI is InChI=1S/C17H14ClN3O2S/c18-14-7-3-1-6-13(14)10-23-15-8-4-2-5-12(15)9-19-21-17-20-16(22)11-24-17/h1-9H,10-11H2,(H,20,21,22)/b19-9-. The van der Waals surface area contributed by atoms with Crippen molar-refractivity contribution in [1.29, 1.82) is 0 Å². The van der Waals surface area contributed by atoms with E-state index in [1.807, 2.05) is 48.5 Å². The molecule has 1 heterocycles. The van der Waals surface area contributed by atoms with Crippen molar-refractivity contribution in [3.8, 4) is 5.75 Å². The maximum absolute atomic E-state index is 11.1. The molecule has 0 bridgehead atoms. The van der Waals surface area contributed by atoms with Crippen LogP contribution in [0.5, 0.6) is 5.75 Å². The van der Waals surface area contributed by atoms with Crippen LogP contribution in [-0.4, -0.2) is 23.0 Å². The van der Waals surface area contributed by atoms with E-state index in [-0.39, 0.29) is 5.91 Å². The van der Waals surface area contributed by atoms with Crippen LogP contribution >= 0.6 is 23.4 Å². The van der Waals surface area contributed by atoms with Gasteiger partial charge in [0, 0.05) is 16.1 Å². The van der Waals surface area contributed by atoms with E-state index >= 15 is 0 Å². The lowest BCUT2D eigenvalue weighted by Gasteiger charge is -2.09. The molecule has 1 aliphatic rings. The molecule has 5 nitrogen and oxygen atoms in total. The molecule has 3 rings (SSSR count). The van der Waals surface area contributed by atoms with Crippen molar-refractivity contribution in [3.05, 3.63) is 64.7 Å². The molecule has 0 atom stereocenters. The zero-order chi connectivity index (χ0) is 16.8. The lowest BCUT2D eigenvalue weighted by atomic mass is 10.2. The third-order valence-corrected chi connectivity index (χ3v) is 4.42. The fourth-order valence-electron chi connectivity index (χ4n) is 2.01. The van der Waals surface area contributed by atoms with E-state index in [0.29, 0.717) is 28.3 Å². The Morgan fingerprint density at radius 3 is 2.79 bits per heavy atom. The van der Waals surface area contributed by atoms with Gasteiger partial charge in [0.05, 0.1) is 12.0 Å². The Morgan fingerprint density at radius 2 is 2.00 bits per heavy atom. The number of para-hydroxylation sites is 1. The van der Waals surface area contributed by atoms with E-state index < -0.39 is 0 Å². The van der Waals surface area contributed by atoms with Crippen molar-refractivity contribution in [2.75, 3.05) is 5.75 Å². The highest BCUT2D eigenvalue weighted by Crippen LogP contribution is 2.21. The highest BCUT2D eigenvalue weighted by molar-refractivity contribution is 8.15. The molecule has 2 aromatic carbocycles. The summed E-state index contributed by atoms with van der Waals surface area (Å²) in [7, 11) is 0. The quantitative estimate of drug-likeness (QED) is 0.656. The molecule has 0 unspecified atom stereocenters. The van der Waals surface area contributed by atoms with Gasteiger partial charge >= 0.3 is 0 Å². The minimum atomic E-state index is -0.0579. The number of carbonyl (C=O) groups excluding carboxylic acids is 1. The van der Waals surface area contributed by atoms with Gasteiger partial charge < -0.3 is 10.1 Å². The third kappa shape index (κ3) is 4.37. The van der Waals surface area contributed by atoms with Gasteiger partial charge in [-0.25, -0.2) is 0 Å². The molecule has 0 aromatic heterocycles. The number of carbonyl (C=O) groups is 1. The van der Waals surface area contributed by atoms with Crippen LogP contribution in [0.2, 0.25) is 5.02 Å². The number of amides is 1. The molecule has 0 saturated carbocycles. The van der Waals surface area contributed by atoms with Crippen molar-refractivity contribution in [1.82, 2.24) is 5.32 Å². The summed E-state index contributed by atoms with van der Waals surface area (Å²) in [6.07, 6.45) is 1.60. The second kappa shape index (κ2) is 7.99. The summed E-state index contributed by atoms with van der Waals surface area (Å²) < 4.78 is 5.84. The maximum atomic E-state index is 11.1. The molecule has 122 valence electrons. The Balaban J connectivity index is 1.69. The van der Waals surface area contributed by atoms with Crippen LogP contribution in [0.15, 0.2) is 58.7 Å². The predicted molar refractivity (Wildman–Crippen MR) is 97.9 cm³/mol. The average Bonchev–Trinajstić information content (AvgIpc) is 3.00. The normalized spacial score (nSPS) is 15.9. The first-order valence-corrected chi connectivity index (χ1v) is 8.57. The molecule has 0 spiro atoms. The number of amidine groups is 1. The fourth-order valence-corrected chi connectivity index (χ4v) is 2.83. The van der Waals surface area contributed by atoms with Gasteiger partial charge in [-0.05, 0) is 18.2 Å². The number of thioether (sulfide) groups is 1. The van der Waals surface area contributed by atoms with Gasteiger partial charge in [-0.1, -0.05) is 53.7 Å². The molecular formula is C17H14ClN3O2S. The molecule has 24 heavy (non-hydrogen) atoms. The Kier molecular flexibility index (Phi) is 5.51. The van der Waals surface area contributed by atoms with Gasteiger partial charge in [-0.2, -0.15) is 5.10 Å². The molecule has 2 aromatic rings. The van der Waals surface area contributed by atoms with Crippen LogP contribution in [0, 0.1) is 0 Å². The number of nitrogens with one attached hydrogen (secondary N) is 1. The molecule has 0 aliphatic carbocycles. The fraction of sp³-hybridized carbons (Fsp3) is 0.118. The first-order valence-electron chi connectivity index (χ1n) is 7.21. The predicted octanol–water partition coefficient (Wildman–Crippen LogP) is 3.47. The zero-order valence-electron chi connectivity index (χ0n) is 12.6. The van der Waals surface area contributed by atoms with Gasteiger partial charge in [0.25, 0.3) is 0 Å². The molecule has 1 N–H and O–H groups in total. The molecule has 1 saturated heterocycles. The highest BCUT2D eigenvalue weighted by Gasteiger charge is 2.15. The Labute approximate surface area is 148 Å². The summed E-state index contributed by atoms with van der Waals surface area (Å²) in [6.45, 7) is 0.366. The van der Waals surface area contributed by atoms with Crippen molar-refractivity contribution in [3.63, 3.8) is 0 Å². The topological polar surface area (TPSA) is 63.0 Å². The van der Waals surface area contributed by atoms with Gasteiger partial charge in [0.1, 0.15) is 12.4 Å². The van der Waals surface area contributed by atoms with Gasteiger partial charge in [-0.15, -0.1) is 5.10 Å². The summed E-state index contributed by atoms with van der Waals surface area (Å²) in [6, 6.07) is 15.1. The number of hydrogen-bond acceptors (Lipinski definition) is 5. The minimum Gasteiger partial charge on any atom is -0.488 e. The van der Waals surface area contributed by atoms with Gasteiger partial charge in [0.15, 0.2) is 5.17 Å². The molecule has 1 amide bonds. The zero-order valence-corrected chi connectivity index (χ0v) is 14.2. The summed E-state index contributed by atoms with van der Waals surface area (Å²) in [5.41, 5.74) is 1.71. The lowest BCUT2D eigenvalue weighted by molar-refractivity contribution is -0.116. The van der Waals surface area contributed by atoms with Crippen LogP contribution in [0.1, 0.15) is 11.1 Å². The second-order valence-electron chi connectivity index (χ2n) is 4.90. The first kappa shape index (κ1) is 16.5. The molecule has 1 fully saturated rings. The van der Waals surface area contributed by atoms with E-state index in [4.69, 9.17) is 16.3 Å². The number of rotatable bonds is 5. The Bertz CT molecular complexity index is 808. The first-order chi connectivity index (χ1) is 11.7. The van der Waals surface area contributed by atoms with Crippen molar-refractivity contribution in [2.24, 2.45) is 10.2 Å². The van der Waals surface area contributed by atoms with Crippen LogP contribution in [0.3, 0.4) is 0 Å². The van der Waals surface area contributed by atoms with Crippen molar-refractivity contribution >= 4 is 40.7 Å². The number of ether oxygens (including phenoxy) is 1. The molecular weight excluding hydrogens is 346 g/mol. The smallest absolute Gasteiger partial charge is 0.236 e. The number of nitrogens with zero attached hydrogens (tertiary/aromatic N) is 2. The van der Waals surface area contributed by atoms with Crippen molar-refractivity contribution < 1.29 is 9.53 Å². The SMILES string of the molecule is O=C1CSC(=N/N=C\c2ccccc2OCc2ccccc2Cl)N1. The van der Waals surface area contributed by atoms with Gasteiger partial charge in [-0.3, -0.25) is 4.79 Å².